The number of carbonyl (C=O) groups is 1. The summed E-state index contributed by atoms with van der Waals surface area (Å²) >= 11 is 5.95. The zero-order valence-corrected chi connectivity index (χ0v) is 16.6. The van der Waals surface area contributed by atoms with E-state index < -0.39 is 15.9 Å². The molecule has 9 heteroatoms. The van der Waals surface area contributed by atoms with Crippen LogP contribution in [0.4, 0.5) is 0 Å². The molecule has 0 bridgehead atoms. The summed E-state index contributed by atoms with van der Waals surface area (Å²) in [7, 11) is -4.15. The molecule has 28 heavy (non-hydrogen) atoms. The summed E-state index contributed by atoms with van der Waals surface area (Å²) in [5.74, 6) is -0.492. The maximum Gasteiger partial charge on any atom is 0.281 e. The second-order valence-electron chi connectivity index (χ2n) is 5.91. The van der Waals surface area contributed by atoms with E-state index in [9.17, 15) is 13.2 Å². The summed E-state index contributed by atoms with van der Waals surface area (Å²) in [5, 5.41) is -0.173. The first-order valence-electron chi connectivity index (χ1n) is 8.17. The average molecular weight is 418 g/mol. The number of aromatic nitrogens is 2. The molecule has 2 aromatic heterocycles. The summed E-state index contributed by atoms with van der Waals surface area (Å²) in [6.45, 7) is 3.69. The van der Waals surface area contributed by atoms with Crippen molar-refractivity contribution < 1.29 is 17.9 Å². The third kappa shape index (κ3) is 4.29. The molecule has 0 spiro atoms. The highest BCUT2D eigenvalue weighted by Crippen LogP contribution is 2.30. The second kappa shape index (κ2) is 7.95. The number of benzene rings is 1. The molecule has 3 aromatic rings. The van der Waals surface area contributed by atoms with Crippen LogP contribution in [0, 0.1) is 13.8 Å². The van der Waals surface area contributed by atoms with Crippen LogP contribution in [-0.2, 0) is 10.0 Å². The first-order chi connectivity index (χ1) is 13.3. The maximum atomic E-state index is 12.6. The topological polar surface area (TPSA) is 98.2 Å². The van der Waals surface area contributed by atoms with Crippen LogP contribution >= 0.6 is 11.6 Å². The smallest absolute Gasteiger partial charge is 0.281 e. The van der Waals surface area contributed by atoms with Crippen LogP contribution in [0.25, 0.3) is 0 Å². The van der Waals surface area contributed by atoms with Gasteiger partial charge in [0.1, 0.15) is 16.5 Å². The normalized spacial score (nSPS) is 11.1. The molecule has 2 heterocycles. The highest BCUT2D eigenvalue weighted by Gasteiger charge is 2.24. The predicted octanol–water partition coefficient (Wildman–Crippen LogP) is 3.66. The minimum atomic E-state index is -4.15. The molecule has 3 rings (SSSR count). The lowest BCUT2D eigenvalue weighted by atomic mass is 10.1. The number of amides is 1. The van der Waals surface area contributed by atoms with Crippen molar-refractivity contribution in [3.8, 4) is 11.6 Å². The van der Waals surface area contributed by atoms with Crippen molar-refractivity contribution in [3.05, 3.63) is 76.6 Å². The van der Waals surface area contributed by atoms with E-state index in [4.69, 9.17) is 16.3 Å². The van der Waals surface area contributed by atoms with E-state index in [0.717, 1.165) is 11.1 Å². The van der Waals surface area contributed by atoms with Gasteiger partial charge in [0, 0.05) is 6.20 Å². The van der Waals surface area contributed by atoms with Crippen LogP contribution in [0.5, 0.6) is 11.6 Å². The number of carbonyl (C=O) groups excluding carboxylic acids is 1. The molecule has 0 unspecified atom stereocenters. The Bertz CT molecular complexity index is 1110. The molecule has 144 valence electrons. The number of pyridine rings is 2. The van der Waals surface area contributed by atoms with Gasteiger partial charge in [-0.25, -0.2) is 14.7 Å². The molecule has 1 amide bonds. The van der Waals surface area contributed by atoms with E-state index in [1.807, 2.05) is 36.8 Å². The van der Waals surface area contributed by atoms with Gasteiger partial charge in [-0.2, -0.15) is 8.42 Å². The summed E-state index contributed by atoms with van der Waals surface area (Å²) < 4.78 is 32.6. The molecule has 0 aliphatic carbocycles. The number of rotatable bonds is 5. The van der Waals surface area contributed by atoms with E-state index in [1.165, 1.54) is 30.5 Å². The van der Waals surface area contributed by atoms with Crippen molar-refractivity contribution in [1.29, 1.82) is 0 Å². The summed E-state index contributed by atoms with van der Waals surface area (Å²) in [6, 6.07) is 12.6. The molecular weight excluding hydrogens is 402 g/mol. The number of halogens is 1. The largest absolute Gasteiger partial charge is 0.438 e. The fraction of sp³-hybridized carbons (Fsp3) is 0.105. The van der Waals surface area contributed by atoms with Crippen LogP contribution in [0.3, 0.4) is 0 Å². The van der Waals surface area contributed by atoms with Crippen LogP contribution < -0.4 is 9.46 Å². The molecule has 1 aromatic carbocycles. The second-order valence-corrected chi connectivity index (χ2v) is 7.93. The van der Waals surface area contributed by atoms with Crippen molar-refractivity contribution in [2.24, 2.45) is 0 Å². The zero-order valence-electron chi connectivity index (χ0n) is 15.0. The number of sulfonamides is 1. The molecule has 0 radical (unpaired) electrons. The number of hydrogen-bond donors (Lipinski definition) is 1. The molecule has 0 saturated heterocycles. The SMILES string of the molecule is Cc1cccc(C)c1Oc1nc(Cl)ccc1C(=O)NS(=O)(=O)c1ccccn1. The number of nitrogens with zero attached hydrogens (tertiary/aromatic N) is 2. The van der Waals surface area contributed by atoms with E-state index >= 15 is 0 Å². The van der Waals surface area contributed by atoms with Gasteiger partial charge < -0.3 is 4.74 Å². The van der Waals surface area contributed by atoms with Crippen molar-refractivity contribution in [2.45, 2.75) is 18.9 Å². The Morgan fingerprint density at radius 2 is 1.75 bits per heavy atom. The Morgan fingerprint density at radius 3 is 2.39 bits per heavy atom. The number of ether oxygens (including phenoxy) is 1. The molecular formula is C19H16ClN3O4S. The molecule has 0 aliphatic heterocycles. The minimum absolute atomic E-state index is 0.0773. The van der Waals surface area contributed by atoms with Gasteiger partial charge in [0.05, 0.1) is 0 Å². The maximum absolute atomic E-state index is 12.6. The number of nitrogens with one attached hydrogen (secondary N) is 1. The van der Waals surface area contributed by atoms with Crippen molar-refractivity contribution in [2.75, 3.05) is 0 Å². The van der Waals surface area contributed by atoms with Gasteiger partial charge in [-0.1, -0.05) is 35.9 Å². The number of hydrogen-bond acceptors (Lipinski definition) is 6. The molecule has 1 N–H and O–H groups in total. The molecule has 0 fully saturated rings. The molecule has 0 saturated carbocycles. The molecule has 7 nitrogen and oxygen atoms in total. The quantitative estimate of drug-likeness (QED) is 0.636. The van der Waals surface area contributed by atoms with Gasteiger partial charge >= 0.3 is 0 Å². The lowest BCUT2D eigenvalue weighted by Gasteiger charge is -2.14. The monoisotopic (exact) mass is 417 g/mol. The standard InChI is InChI=1S/C19H16ClN3O4S/c1-12-6-5-7-13(2)17(12)27-19-14(9-10-15(20)22-19)18(24)23-28(25,26)16-8-3-4-11-21-16/h3-11H,1-2H3,(H,23,24). The fourth-order valence-electron chi connectivity index (χ4n) is 2.46. The van der Waals surface area contributed by atoms with Gasteiger partial charge in [0.2, 0.25) is 5.88 Å². The van der Waals surface area contributed by atoms with Gasteiger partial charge in [-0.15, -0.1) is 0 Å². The summed E-state index contributed by atoms with van der Waals surface area (Å²) in [6.07, 6.45) is 1.32. The lowest BCUT2D eigenvalue weighted by molar-refractivity contribution is 0.0978. The Balaban J connectivity index is 1.95. The Hall–Kier alpha value is -2.97. The Morgan fingerprint density at radius 1 is 1.04 bits per heavy atom. The van der Waals surface area contributed by atoms with Gasteiger partial charge in [-0.05, 0) is 49.2 Å². The number of para-hydroxylation sites is 1. The van der Waals surface area contributed by atoms with Gasteiger partial charge in [0.25, 0.3) is 15.9 Å². The zero-order chi connectivity index (χ0) is 20.3. The highest BCUT2D eigenvalue weighted by molar-refractivity contribution is 7.90. The van der Waals surface area contributed by atoms with Crippen molar-refractivity contribution in [1.82, 2.24) is 14.7 Å². The summed E-state index contributed by atoms with van der Waals surface area (Å²) in [4.78, 5) is 20.4. The van der Waals surface area contributed by atoms with Gasteiger partial charge in [0.15, 0.2) is 5.03 Å². The van der Waals surface area contributed by atoms with E-state index in [2.05, 4.69) is 9.97 Å². The highest BCUT2D eigenvalue weighted by atomic mass is 35.5. The van der Waals surface area contributed by atoms with Crippen molar-refractivity contribution in [3.63, 3.8) is 0 Å². The lowest BCUT2D eigenvalue weighted by Crippen LogP contribution is -2.31. The molecule has 0 aliphatic rings. The van der Waals surface area contributed by atoms with Crippen LogP contribution in [0.1, 0.15) is 21.5 Å². The third-order valence-electron chi connectivity index (χ3n) is 3.82. The number of aryl methyl sites for hydroxylation is 2. The van der Waals surface area contributed by atoms with E-state index in [-0.39, 0.29) is 21.6 Å². The predicted molar refractivity (Wildman–Crippen MR) is 104 cm³/mol. The van der Waals surface area contributed by atoms with E-state index in [0.29, 0.717) is 5.75 Å². The van der Waals surface area contributed by atoms with Crippen LogP contribution in [-0.4, -0.2) is 24.3 Å². The first-order valence-corrected chi connectivity index (χ1v) is 10.0. The van der Waals surface area contributed by atoms with E-state index in [1.54, 1.807) is 6.07 Å². The first kappa shape index (κ1) is 19.8. The van der Waals surface area contributed by atoms with Crippen molar-refractivity contribution >= 4 is 27.5 Å². The summed E-state index contributed by atoms with van der Waals surface area (Å²) in [5.41, 5.74) is 1.58. The fourth-order valence-corrected chi connectivity index (χ4v) is 3.52. The average Bonchev–Trinajstić information content (AvgIpc) is 2.65. The van der Waals surface area contributed by atoms with Gasteiger partial charge in [-0.3, -0.25) is 4.79 Å². The van der Waals surface area contributed by atoms with Crippen LogP contribution in [0.2, 0.25) is 5.15 Å². The minimum Gasteiger partial charge on any atom is -0.438 e. The Kier molecular flexibility index (Phi) is 5.62. The molecule has 0 atom stereocenters. The van der Waals surface area contributed by atoms with Crippen LogP contribution in [0.15, 0.2) is 59.8 Å². The third-order valence-corrected chi connectivity index (χ3v) is 5.28. The Labute approximate surface area is 167 Å².